The zero-order valence-corrected chi connectivity index (χ0v) is 10.2. The summed E-state index contributed by atoms with van der Waals surface area (Å²) in [6, 6.07) is 2.08. The lowest BCUT2D eigenvalue weighted by Gasteiger charge is -2.10. The molecule has 0 bridgehead atoms. The second-order valence-corrected chi connectivity index (χ2v) is 4.52. The van der Waals surface area contributed by atoms with Gasteiger partial charge in [-0.2, -0.15) is 10.4 Å². The van der Waals surface area contributed by atoms with Gasteiger partial charge in [0.25, 0.3) is 0 Å². The topological polar surface area (TPSA) is 70.7 Å². The van der Waals surface area contributed by atoms with Gasteiger partial charge in [-0.1, -0.05) is 12.8 Å². The van der Waals surface area contributed by atoms with E-state index in [0.717, 1.165) is 25.7 Å². The Balaban J connectivity index is 2.18. The minimum atomic E-state index is 0.0157. The molecule has 1 N–H and O–H groups in total. The smallest absolute Gasteiger partial charge is 0.228 e. The number of carbonyl (C=O) groups excluding carboxylic acids is 1. The van der Waals surface area contributed by atoms with Crippen molar-refractivity contribution in [1.82, 2.24) is 9.78 Å². The lowest BCUT2D eigenvalue weighted by Crippen LogP contribution is -2.22. The molecule has 90 valence electrons. The van der Waals surface area contributed by atoms with Crippen molar-refractivity contribution in [3.63, 3.8) is 0 Å². The van der Waals surface area contributed by atoms with Crippen molar-refractivity contribution in [2.75, 3.05) is 5.32 Å². The van der Waals surface area contributed by atoms with E-state index in [9.17, 15) is 4.79 Å². The molecule has 0 aromatic carbocycles. The van der Waals surface area contributed by atoms with Gasteiger partial charge >= 0.3 is 0 Å². The average molecular weight is 232 g/mol. The first-order valence-electron chi connectivity index (χ1n) is 5.88. The Labute approximate surface area is 100 Å². The van der Waals surface area contributed by atoms with Gasteiger partial charge < -0.3 is 5.32 Å². The summed E-state index contributed by atoms with van der Waals surface area (Å²) in [5.41, 5.74) is 1.11. The standard InChI is InChI=1S/C12H16N4O/c1-8-10(7-13)11(16(2)15-8)14-12(17)9-5-3-4-6-9/h9H,3-6H2,1-2H3,(H,14,17). The van der Waals surface area contributed by atoms with Crippen LogP contribution in [0.3, 0.4) is 0 Å². The minimum absolute atomic E-state index is 0.0157. The zero-order valence-electron chi connectivity index (χ0n) is 10.2. The summed E-state index contributed by atoms with van der Waals surface area (Å²) in [4.78, 5) is 12.0. The Morgan fingerprint density at radius 3 is 2.76 bits per heavy atom. The normalized spacial score (nSPS) is 15.8. The summed E-state index contributed by atoms with van der Waals surface area (Å²) >= 11 is 0. The predicted octanol–water partition coefficient (Wildman–Crippen LogP) is 1.73. The van der Waals surface area contributed by atoms with E-state index in [2.05, 4.69) is 16.5 Å². The van der Waals surface area contributed by atoms with Crippen LogP contribution >= 0.6 is 0 Å². The van der Waals surface area contributed by atoms with Gasteiger partial charge in [0.1, 0.15) is 17.5 Å². The van der Waals surface area contributed by atoms with Crippen molar-refractivity contribution in [2.45, 2.75) is 32.6 Å². The van der Waals surface area contributed by atoms with Crippen molar-refractivity contribution in [1.29, 1.82) is 5.26 Å². The second-order valence-electron chi connectivity index (χ2n) is 4.52. The van der Waals surface area contributed by atoms with E-state index in [1.165, 1.54) is 0 Å². The van der Waals surface area contributed by atoms with Gasteiger partial charge in [0, 0.05) is 13.0 Å². The van der Waals surface area contributed by atoms with Crippen LogP contribution in [0.5, 0.6) is 0 Å². The van der Waals surface area contributed by atoms with Gasteiger partial charge in [-0.05, 0) is 19.8 Å². The summed E-state index contributed by atoms with van der Waals surface area (Å²) in [7, 11) is 1.73. The van der Waals surface area contributed by atoms with Crippen molar-refractivity contribution in [3.05, 3.63) is 11.3 Å². The first-order valence-corrected chi connectivity index (χ1v) is 5.88. The molecule has 1 aliphatic rings. The highest BCUT2D eigenvalue weighted by atomic mass is 16.2. The van der Waals surface area contributed by atoms with Crippen LogP contribution in [0.15, 0.2) is 0 Å². The molecule has 17 heavy (non-hydrogen) atoms. The summed E-state index contributed by atoms with van der Waals surface area (Å²) in [6.07, 6.45) is 4.14. The van der Waals surface area contributed by atoms with Crippen LogP contribution in [0.25, 0.3) is 0 Å². The number of anilines is 1. The molecule has 1 aliphatic carbocycles. The van der Waals surface area contributed by atoms with Crippen LogP contribution in [0.2, 0.25) is 0 Å². The molecule has 0 radical (unpaired) electrons. The van der Waals surface area contributed by atoms with Crippen LogP contribution in [0, 0.1) is 24.2 Å². The Morgan fingerprint density at radius 2 is 2.18 bits per heavy atom. The molecule has 1 fully saturated rings. The SMILES string of the molecule is Cc1nn(C)c(NC(=O)C2CCCC2)c1C#N. The maximum absolute atomic E-state index is 12.0. The molecule has 0 saturated heterocycles. The summed E-state index contributed by atoms with van der Waals surface area (Å²) in [5.74, 6) is 0.626. The average Bonchev–Trinajstić information content (AvgIpc) is 2.88. The fourth-order valence-electron chi connectivity index (χ4n) is 2.34. The number of nitriles is 1. The third-order valence-electron chi connectivity index (χ3n) is 3.30. The molecule has 1 aromatic rings. The number of amides is 1. The van der Waals surface area contributed by atoms with E-state index in [0.29, 0.717) is 17.1 Å². The molecule has 0 spiro atoms. The molecular weight excluding hydrogens is 216 g/mol. The van der Waals surface area contributed by atoms with Gasteiger partial charge in [-0.25, -0.2) is 0 Å². The Morgan fingerprint density at radius 1 is 1.53 bits per heavy atom. The molecule has 5 nitrogen and oxygen atoms in total. The van der Waals surface area contributed by atoms with Crippen LogP contribution in [0.1, 0.15) is 36.9 Å². The summed E-state index contributed by atoms with van der Waals surface area (Å²) in [5, 5.41) is 16.0. The largest absolute Gasteiger partial charge is 0.310 e. The van der Waals surface area contributed by atoms with Crippen molar-refractivity contribution in [2.24, 2.45) is 13.0 Å². The number of hydrogen-bond donors (Lipinski definition) is 1. The van der Waals surface area contributed by atoms with E-state index >= 15 is 0 Å². The quantitative estimate of drug-likeness (QED) is 0.844. The first-order chi connectivity index (χ1) is 8.13. The maximum atomic E-state index is 12.0. The second kappa shape index (κ2) is 4.58. The lowest BCUT2D eigenvalue weighted by molar-refractivity contribution is -0.119. The minimum Gasteiger partial charge on any atom is -0.310 e. The number of nitrogens with one attached hydrogen (secondary N) is 1. The molecule has 0 aliphatic heterocycles. The molecule has 1 saturated carbocycles. The highest BCUT2D eigenvalue weighted by Crippen LogP contribution is 2.27. The highest BCUT2D eigenvalue weighted by Gasteiger charge is 2.24. The van der Waals surface area contributed by atoms with Gasteiger partial charge in [-0.3, -0.25) is 9.48 Å². The molecule has 1 heterocycles. The van der Waals surface area contributed by atoms with E-state index in [1.54, 1.807) is 18.7 Å². The number of aromatic nitrogens is 2. The van der Waals surface area contributed by atoms with Crippen LogP contribution in [-0.4, -0.2) is 15.7 Å². The Kier molecular flexibility index (Phi) is 3.14. The fourth-order valence-corrected chi connectivity index (χ4v) is 2.34. The third kappa shape index (κ3) is 2.16. The monoisotopic (exact) mass is 232 g/mol. The Bertz CT molecular complexity index is 477. The number of aryl methyl sites for hydroxylation is 2. The zero-order chi connectivity index (χ0) is 12.4. The lowest BCUT2D eigenvalue weighted by atomic mass is 10.1. The van der Waals surface area contributed by atoms with Gasteiger partial charge in [0.05, 0.1) is 5.69 Å². The number of carbonyl (C=O) groups is 1. The number of nitrogens with zero attached hydrogens (tertiary/aromatic N) is 3. The van der Waals surface area contributed by atoms with E-state index < -0.39 is 0 Å². The molecule has 0 atom stereocenters. The van der Waals surface area contributed by atoms with Gasteiger partial charge in [-0.15, -0.1) is 0 Å². The molecular formula is C12H16N4O. The van der Waals surface area contributed by atoms with Crippen LogP contribution < -0.4 is 5.32 Å². The van der Waals surface area contributed by atoms with E-state index in [-0.39, 0.29) is 11.8 Å². The highest BCUT2D eigenvalue weighted by molar-refractivity contribution is 5.93. The molecule has 1 aromatic heterocycles. The van der Waals surface area contributed by atoms with Crippen LogP contribution in [0.4, 0.5) is 5.82 Å². The van der Waals surface area contributed by atoms with Gasteiger partial charge in [0.2, 0.25) is 5.91 Å². The maximum Gasteiger partial charge on any atom is 0.228 e. The molecule has 1 amide bonds. The van der Waals surface area contributed by atoms with Crippen LogP contribution in [-0.2, 0) is 11.8 Å². The summed E-state index contributed by atoms with van der Waals surface area (Å²) < 4.78 is 1.56. The van der Waals surface area contributed by atoms with Crippen molar-refractivity contribution < 1.29 is 4.79 Å². The first kappa shape index (κ1) is 11.6. The Hall–Kier alpha value is -1.83. The fraction of sp³-hybridized carbons (Fsp3) is 0.583. The molecule has 5 heteroatoms. The third-order valence-corrected chi connectivity index (χ3v) is 3.30. The van der Waals surface area contributed by atoms with E-state index in [1.807, 2.05) is 0 Å². The molecule has 0 unspecified atom stereocenters. The van der Waals surface area contributed by atoms with Crippen molar-refractivity contribution >= 4 is 11.7 Å². The predicted molar refractivity (Wildman–Crippen MR) is 63.2 cm³/mol. The molecule has 2 rings (SSSR count). The number of hydrogen-bond acceptors (Lipinski definition) is 3. The number of rotatable bonds is 2. The van der Waals surface area contributed by atoms with Crippen molar-refractivity contribution in [3.8, 4) is 6.07 Å². The summed E-state index contributed by atoms with van der Waals surface area (Å²) in [6.45, 7) is 1.77. The van der Waals surface area contributed by atoms with Gasteiger partial charge in [0.15, 0.2) is 0 Å². The van der Waals surface area contributed by atoms with E-state index in [4.69, 9.17) is 5.26 Å².